The summed E-state index contributed by atoms with van der Waals surface area (Å²) in [5.74, 6) is 5.66. The Morgan fingerprint density at radius 3 is 2.50 bits per heavy atom. The zero-order valence-electron chi connectivity index (χ0n) is 11.0. The molecule has 0 aliphatic heterocycles. The first-order valence-electron chi connectivity index (χ1n) is 5.97. The lowest BCUT2D eigenvalue weighted by Crippen LogP contribution is -2.29. The van der Waals surface area contributed by atoms with Gasteiger partial charge in [-0.2, -0.15) is 5.10 Å². The van der Waals surface area contributed by atoms with Crippen LogP contribution in [0.15, 0.2) is 24.5 Å². The Morgan fingerprint density at radius 2 is 2.00 bits per heavy atom. The van der Waals surface area contributed by atoms with Crippen molar-refractivity contribution in [2.45, 2.75) is 26.3 Å². The van der Waals surface area contributed by atoms with E-state index in [0.29, 0.717) is 0 Å². The summed E-state index contributed by atoms with van der Waals surface area (Å²) in [7, 11) is 1.91. The van der Waals surface area contributed by atoms with Gasteiger partial charge in [0.1, 0.15) is 0 Å². The van der Waals surface area contributed by atoms with Crippen LogP contribution in [0.4, 0.5) is 0 Å². The molecule has 96 valence electrons. The predicted molar refractivity (Wildman–Crippen MR) is 70.7 cm³/mol. The first kappa shape index (κ1) is 12.7. The van der Waals surface area contributed by atoms with Gasteiger partial charge in [0.05, 0.1) is 12.2 Å². The Bertz CT molecular complexity index is 512. The second kappa shape index (κ2) is 5.29. The van der Waals surface area contributed by atoms with Crippen LogP contribution in [-0.2, 0) is 13.5 Å². The monoisotopic (exact) mass is 245 g/mol. The fraction of sp³-hybridized carbons (Fsp3) is 0.385. The van der Waals surface area contributed by atoms with Crippen LogP contribution in [0, 0.1) is 13.8 Å². The maximum absolute atomic E-state index is 5.66. The molecule has 0 aliphatic carbocycles. The van der Waals surface area contributed by atoms with Crippen molar-refractivity contribution in [3.8, 4) is 0 Å². The number of pyridine rings is 1. The average molecular weight is 245 g/mol. The minimum atomic E-state index is 0.0783. The number of nitrogens with two attached hydrogens (primary N) is 1. The highest BCUT2D eigenvalue weighted by atomic mass is 15.2. The third kappa shape index (κ3) is 2.94. The van der Waals surface area contributed by atoms with E-state index in [0.717, 1.165) is 28.9 Å². The number of hydrogen-bond donors (Lipinski definition) is 2. The van der Waals surface area contributed by atoms with Gasteiger partial charge < -0.3 is 0 Å². The lowest BCUT2D eigenvalue weighted by molar-refractivity contribution is 0.550. The Morgan fingerprint density at radius 1 is 1.33 bits per heavy atom. The Balaban J connectivity index is 2.22. The van der Waals surface area contributed by atoms with E-state index in [1.165, 1.54) is 0 Å². The summed E-state index contributed by atoms with van der Waals surface area (Å²) >= 11 is 0. The van der Waals surface area contributed by atoms with Crippen LogP contribution >= 0.6 is 0 Å². The van der Waals surface area contributed by atoms with Crippen molar-refractivity contribution in [2.75, 3.05) is 0 Å². The molecule has 0 radical (unpaired) electrons. The molecule has 0 bridgehead atoms. The molecule has 2 heterocycles. The molecule has 3 N–H and O–H groups in total. The molecule has 0 spiro atoms. The third-order valence-corrected chi connectivity index (χ3v) is 2.91. The molecule has 5 heteroatoms. The van der Waals surface area contributed by atoms with Gasteiger partial charge in [-0.1, -0.05) is 0 Å². The summed E-state index contributed by atoms with van der Waals surface area (Å²) in [5, 5.41) is 4.17. The fourth-order valence-corrected chi connectivity index (χ4v) is 2.15. The summed E-state index contributed by atoms with van der Waals surface area (Å²) in [6.07, 6.45) is 4.68. The van der Waals surface area contributed by atoms with Crippen LogP contribution in [0.1, 0.15) is 28.6 Å². The topological polar surface area (TPSA) is 68.8 Å². The summed E-state index contributed by atoms with van der Waals surface area (Å²) in [5.41, 5.74) is 7.21. The molecule has 0 fully saturated rings. The van der Waals surface area contributed by atoms with Crippen LogP contribution in [0.5, 0.6) is 0 Å². The van der Waals surface area contributed by atoms with Gasteiger partial charge in [0.2, 0.25) is 0 Å². The lowest BCUT2D eigenvalue weighted by atomic mass is 10.0. The largest absolute Gasteiger partial charge is 0.276 e. The molecule has 0 aromatic carbocycles. The van der Waals surface area contributed by atoms with Crippen LogP contribution < -0.4 is 11.3 Å². The SMILES string of the molecule is Cc1cc(C(Cc2cnn(C)c2)NN)cc(C)n1. The molecular formula is C13H19N5. The van der Waals surface area contributed by atoms with E-state index in [2.05, 4.69) is 27.6 Å². The Labute approximate surface area is 107 Å². The van der Waals surface area contributed by atoms with Gasteiger partial charge in [-0.05, 0) is 43.5 Å². The first-order chi connectivity index (χ1) is 8.58. The lowest BCUT2D eigenvalue weighted by Gasteiger charge is -2.16. The van der Waals surface area contributed by atoms with Crippen molar-refractivity contribution in [1.82, 2.24) is 20.2 Å². The molecule has 0 saturated carbocycles. The molecule has 1 atom stereocenters. The summed E-state index contributed by atoms with van der Waals surface area (Å²) in [6.45, 7) is 3.99. The van der Waals surface area contributed by atoms with Crippen molar-refractivity contribution in [1.29, 1.82) is 0 Å². The molecule has 2 rings (SSSR count). The fourth-order valence-electron chi connectivity index (χ4n) is 2.15. The predicted octanol–water partition coefficient (Wildman–Crippen LogP) is 1.18. The number of nitrogens with one attached hydrogen (secondary N) is 1. The Kier molecular flexibility index (Phi) is 3.74. The number of rotatable bonds is 4. The minimum absolute atomic E-state index is 0.0783. The number of nitrogens with zero attached hydrogens (tertiary/aromatic N) is 3. The van der Waals surface area contributed by atoms with Gasteiger partial charge in [-0.3, -0.25) is 20.9 Å². The second-order valence-corrected chi connectivity index (χ2v) is 4.63. The van der Waals surface area contributed by atoms with Crippen molar-refractivity contribution < 1.29 is 0 Å². The second-order valence-electron chi connectivity index (χ2n) is 4.63. The maximum atomic E-state index is 5.66. The van der Waals surface area contributed by atoms with Crippen molar-refractivity contribution in [3.63, 3.8) is 0 Å². The van der Waals surface area contributed by atoms with Gasteiger partial charge >= 0.3 is 0 Å². The number of aromatic nitrogens is 3. The summed E-state index contributed by atoms with van der Waals surface area (Å²) < 4.78 is 1.80. The molecule has 18 heavy (non-hydrogen) atoms. The molecule has 0 aliphatic rings. The van der Waals surface area contributed by atoms with Gasteiger partial charge in [-0.15, -0.1) is 0 Å². The van der Waals surface area contributed by atoms with E-state index in [1.807, 2.05) is 33.3 Å². The summed E-state index contributed by atoms with van der Waals surface area (Å²) in [6, 6.07) is 4.21. The number of hydrazine groups is 1. The number of hydrogen-bond acceptors (Lipinski definition) is 4. The zero-order valence-corrected chi connectivity index (χ0v) is 11.0. The maximum Gasteiger partial charge on any atom is 0.0522 e. The standard InChI is InChI=1S/C13H19N5/c1-9-4-12(5-10(2)16-9)13(17-14)6-11-7-15-18(3)8-11/h4-5,7-8,13,17H,6,14H2,1-3H3. The van der Waals surface area contributed by atoms with E-state index >= 15 is 0 Å². The van der Waals surface area contributed by atoms with Crippen LogP contribution in [0.3, 0.4) is 0 Å². The van der Waals surface area contributed by atoms with E-state index in [4.69, 9.17) is 5.84 Å². The Hall–Kier alpha value is -1.72. The summed E-state index contributed by atoms with van der Waals surface area (Å²) in [4.78, 5) is 4.38. The van der Waals surface area contributed by atoms with Crippen molar-refractivity contribution >= 4 is 0 Å². The van der Waals surface area contributed by atoms with Crippen LogP contribution in [-0.4, -0.2) is 14.8 Å². The normalized spacial score (nSPS) is 12.7. The average Bonchev–Trinajstić information content (AvgIpc) is 2.70. The molecule has 2 aromatic rings. The van der Waals surface area contributed by atoms with E-state index in [9.17, 15) is 0 Å². The van der Waals surface area contributed by atoms with Gasteiger partial charge in [-0.25, -0.2) is 0 Å². The molecule has 1 unspecified atom stereocenters. The van der Waals surface area contributed by atoms with Gasteiger partial charge in [0.25, 0.3) is 0 Å². The van der Waals surface area contributed by atoms with Gasteiger partial charge in [0, 0.05) is 24.6 Å². The highest BCUT2D eigenvalue weighted by molar-refractivity contribution is 5.25. The highest BCUT2D eigenvalue weighted by Crippen LogP contribution is 2.18. The molecule has 0 saturated heterocycles. The first-order valence-corrected chi connectivity index (χ1v) is 5.97. The van der Waals surface area contributed by atoms with E-state index in [-0.39, 0.29) is 6.04 Å². The smallest absolute Gasteiger partial charge is 0.0522 e. The van der Waals surface area contributed by atoms with E-state index < -0.39 is 0 Å². The molecule has 5 nitrogen and oxygen atoms in total. The molecule has 0 amide bonds. The van der Waals surface area contributed by atoms with Crippen LogP contribution in [0.25, 0.3) is 0 Å². The van der Waals surface area contributed by atoms with Gasteiger partial charge in [0.15, 0.2) is 0 Å². The number of aryl methyl sites for hydroxylation is 3. The minimum Gasteiger partial charge on any atom is -0.276 e. The van der Waals surface area contributed by atoms with Crippen molar-refractivity contribution in [3.05, 3.63) is 47.0 Å². The quantitative estimate of drug-likeness (QED) is 0.627. The third-order valence-electron chi connectivity index (χ3n) is 2.91. The molecule has 2 aromatic heterocycles. The van der Waals surface area contributed by atoms with Crippen molar-refractivity contribution in [2.24, 2.45) is 12.9 Å². The van der Waals surface area contributed by atoms with E-state index in [1.54, 1.807) is 4.68 Å². The highest BCUT2D eigenvalue weighted by Gasteiger charge is 2.12. The van der Waals surface area contributed by atoms with Crippen LogP contribution in [0.2, 0.25) is 0 Å². The zero-order chi connectivity index (χ0) is 13.1. The molecular weight excluding hydrogens is 226 g/mol.